The predicted octanol–water partition coefficient (Wildman–Crippen LogP) is 3.37. The number of fused-ring (bicyclic) bond motifs is 4. The highest BCUT2D eigenvalue weighted by Gasteiger charge is 2.44. The minimum atomic E-state index is 0. The van der Waals surface area contributed by atoms with E-state index in [0.717, 1.165) is 18.9 Å². The van der Waals surface area contributed by atoms with Crippen LogP contribution in [0.15, 0.2) is 18.2 Å². The normalized spacial score (nSPS) is 34.1. The highest BCUT2D eigenvalue weighted by Crippen LogP contribution is 2.48. The van der Waals surface area contributed by atoms with E-state index in [9.17, 15) is 5.11 Å². The zero-order valence-electron chi connectivity index (χ0n) is 12.0. The van der Waals surface area contributed by atoms with Crippen molar-refractivity contribution in [3.05, 3.63) is 29.3 Å². The molecule has 3 atom stereocenters. The van der Waals surface area contributed by atoms with Gasteiger partial charge in [0.25, 0.3) is 0 Å². The van der Waals surface area contributed by atoms with E-state index in [1.54, 1.807) is 0 Å². The lowest BCUT2D eigenvalue weighted by atomic mass is 9.60. The second-order valence-corrected chi connectivity index (χ2v) is 6.52. The summed E-state index contributed by atoms with van der Waals surface area (Å²) in [5.74, 6) is 1.86. The van der Waals surface area contributed by atoms with Gasteiger partial charge in [0.1, 0.15) is 5.75 Å². The topological polar surface area (TPSA) is 23.5 Å². The monoisotopic (exact) mass is 325 g/mol. The van der Waals surface area contributed by atoms with Gasteiger partial charge in [-0.05, 0) is 66.9 Å². The summed E-state index contributed by atoms with van der Waals surface area (Å²) in [7, 11) is 2.24. The third-order valence-corrected chi connectivity index (χ3v) is 5.46. The molecule has 0 spiro atoms. The molecular formula is C16H24BrNO. The molecule has 1 aromatic rings. The number of rotatable bonds is 0. The summed E-state index contributed by atoms with van der Waals surface area (Å²) in [5, 5.41) is 9.80. The molecule has 2 unspecified atom stereocenters. The minimum Gasteiger partial charge on any atom is -0.508 e. The number of aromatic hydroxyl groups is 1. The molecular weight excluding hydrogens is 302 g/mol. The van der Waals surface area contributed by atoms with Crippen molar-refractivity contribution in [1.82, 2.24) is 4.90 Å². The largest absolute Gasteiger partial charge is 0.508 e. The molecule has 1 N–H and O–H groups in total. The van der Waals surface area contributed by atoms with Crippen LogP contribution in [-0.4, -0.2) is 30.1 Å². The van der Waals surface area contributed by atoms with E-state index < -0.39 is 0 Å². The van der Waals surface area contributed by atoms with Crippen molar-refractivity contribution in [2.24, 2.45) is 11.8 Å². The van der Waals surface area contributed by atoms with Crippen molar-refractivity contribution in [2.75, 3.05) is 20.1 Å². The van der Waals surface area contributed by atoms with E-state index in [0.29, 0.717) is 11.7 Å². The number of phenolic OH excluding ortho intramolecular Hbond substituents is 1. The van der Waals surface area contributed by atoms with Gasteiger partial charge in [-0.2, -0.15) is 0 Å². The van der Waals surface area contributed by atoms with Crippen LogP contribution in [0.1, 0.15) is 31.4 Å². The Morgan fingerprint density at radius 2 is 2.11 bits per heavy atom. The molecule has 0 aromatic heterocycles. The van der Waals surface area contributed by atoms with Crippen LogP contribution < -0.4 is 0 Å². The van der Waals surface area contributed by atoms with Gasteiger partial charge in [0.2, 0.25) is 0 Å². The van der Waals surface area contributed by atoms with Crippen molar-refractivity contribution in [3.8, 4) is 5.75 Å². The number of phenols is 1. The Morgan fingerprint density at radius 1 is 1.37 bits per heavy atom. The molecule has 1 saturated heterocycles. The number of nitrogens with zero attached hydrogens (tertiary/aromatic N) is 1. The number of halogens is 1. The summed E-state index contributed by atoms with van der Waals surface area (Å²) in [6, 6.07) is 5.98. The summed E-state index contributed by atoms with van der Waals surface area (Å²) in [4.78, 5) is 2.47. The fourth-order valence-corrected chi connectivity index (χ4v) is 4.00. The molecule has 0 saturated carbocycles. The van der Waals surface area contributed by atoms with E-state index in [1.807, 2.05) is 12.1 Å². The molecule has 2 bridgehead atoms. The van der Waals surface area contributed by atoms with Crippen LogP contribution in [0.4, 0.5) is 0 Å². The molecule has 1 aliphatic heterocycles. The average Bonchev–Trinajstić information content (AvgIpc) is 2.41. The standard InChI is InChI=1S/C16H23NO.BrH/c1-11-13-8-12-4-5-14(18)9-15(12)16(11,2)6-7-17(3)10-13;/h4-5,9,11,13,18H,6-8,10H2,1-3H3;1H/t11-,13?,16?;/m1./s1. The molecule has 1 aliphatic carbocycles. The summed E-state index contributed by atoms with van der Waals surface area (Å²) >= 11 is 0. The van der Waals surface area contributed by atoms with Gasteiger partial charge in [0.05, 0.1) is 0 Å². The van der Waals surface area contributed by atoms with Gasteiger partial charge in [-0.15, -0.1) is 17.0 Å². The highest BCUT2D eigenvalue weighted by atomic mass is 79.9. The quantitative estimate of drug-likeness (QED) is 0.790. The number of likely N-dealkylation sites (tertiary alicyclic amines) is 1. The van der Waals surface area contributed by atoms with Crippen LogP contribution in [0.2, 0.25) is 0 Å². The lowest BCUT2D eigenvalue weighted by Gasteiger charge is -2.44. The first-order valence-corrected chi connectivity index (χ1v) is 7.01. The van der Waals surface area contributed by atoms with Crippen molar-refractivity contribution in [1.29, 1.82) is 0 Å². The van der Waals surface area contributed by atoms with Crippen molar-refractivity contribution in [2.45, 2.75) is 32.1 Å². The minimum absolute atomic E-state index is 0. The molecule has 106 valence electrons. The van der Waals surface area contributed by atoms with E-state index in [4.69, 9.17) is 0 Å². The first-order chi connectivity index (χ1) is 8.50. The summed E-state index contributed by atoms with van der Waals surface area (Å²) in [6.07, 6.45) is 2.36. The van der Waals surface area contributed by atoms with Crippen LogP contribution in [0.3, 0.4) is 0 Å². The maximum atomic E-state index is 9.80. The fraction of sp³-hybridized carbons (Fsp3) is 0.625. The smallest absolute Gasteiger partial charge is 0.115 e. The van der Waals surface area contributed by atoms with E-state index in [1.165, 1.54) is 24.1 Å². The van der Waals surface area contributed by atoms with E-state index >= 15 is 0 Å². The Labute approximate surface area is 126 Å². The van der Waals surface area contributed by atoms with Gasteiger partial charge >= 0.3 is 0 Å². The van der Waals surface area contributed by atoms with Gasteiger partial charge in [0, 0.05) is 6.54 Å². The van der Waals surface area contributed by atoms with Crippen LogP contribution in [-0.2, 0) is 11.8 Å². The van der Waals surface area contributed by atoms with Crippen LogP contribution in [0, 0.1) is 11.8 Å². The molecule has 2 aliphatic rings. The Balaban J connectivity index is 0.00000133. The molecule has 0 amide bonds. The third-order valence-electron chi connectivity index (χ3n) is 5.46. The average molecular weight is 326 g/mol. The zero-order valence-corrected chi connectivity index (χ0v) is 13.7. The number of hydrogen-bond acceptors (Lipinski definition) is 2. The summed E-state index contributed by atoms with van der Waals surface area (Å²) < 4.78 is 0. The second kappa shape index (κ2) is 5.10. The predicted molar refractivity (Wildman–Crippen MR) is 84.3 cm³/mol. The maximum absolute atomic E-state index is 9.80. The van der Waals surface area contributed by atoms with Crippen molar-refractivity contribution >= 4 is 17.0 Å². The van der Waals surface area contributed by atoms with Crippen molar-refractivity contribution in [3.63, 3.8) is 0 Å². The Hall–Kier alpha value is -0.540. The molecule has 1 aromatic carbocycles. The summed E-state index contributed by atoms with van der Waals surface area (Å²) in [5.41, 5.74) is 3.07. The molecule has 3 heteroatoms. The summed E-state index contributed by atoms with van der Waals surface area (Å²) in [6.45, 7) is 7.15. The zero-order chi connectivity index (χ0) is 12.9. The first kappa shape index (κ1) is 14.9. The Bertz CT molecular complexity index is 476. The molecule has 0 radical (unpaired) electrons. The number of hydrogen-bond donors (Lipinski definition) is 1. The SMILES string of the molecule is Br.C[C@@H]1C2Cc3ccc(O)cc3C1(C)CCN(C)C2. The molecule has 3 rings (SSSR count). The van der Waals surface area contributed by atoms with Crippen LogP contribution >= 0.6 is 17.0 Å². The molecule has 2 nitrogen and oxygen atoms in total. The molecule has 1 heterocycles. The van der Waals surface area contributed by atoms with Crippen LogP contribution in [0.5, 0.6) is 5.75 Å². The maximum Gasteiger partial charge on any atom is 0.115 e. The Kier molecular flexibility index (Phi) is 3.99. The Morgan fingerprint density at radius 3 is 2.84 bits per heavy atom. The van der Waals surface area contributed by atoms with Gasteiger partial charge in [-0.3, -0.25) is 0 Å². The van der Waals surface area contributed by atoms with Gasteiger partial charge in [0.15, 0.2) is 0 Å². The second-order valence-electron chi connectivity index (χ2n) is 6.52. The van der Waals surface area contributed by atoms with Gasteiger partial charge in [-0.1, -0.05) is 19.9 Å². The highest BCUT2D eigenvalue weighted by molar-refractivity contribution is 8.93. The lowest BCUT2D eigenvalue weighted by molar-refractivity contribution is 0.197. The first-order valence-electron chi connectivity index (χ1n) is 7.01. The van der Waals surface area contributed by atoms with Gasteiger partial charge in [-0.25, -0.2) is 0 Å². The third kappa shape index (κ3) is 2.31. The van der Waals surface area contributed by atoms with Gasteiger partial charge < -0.3 is 10.0 Å². The van der Waals surface area contributed by atoms with E-state index in [2.05, 4.69) is 31.9 Å². The molecule has 1 fully saturated rings. The fourth-order valence-electron chi connectivity index (χ4n) is 4.00. The van der Waals surface area contributed by atoms with E-state index in [-0.39, 0.29) is 22.4 Å². The molecule has 19 heavy (non-hydrogen) atoms. The van der Waals surface area contributed by atoms with Crippen molar-refractivity contribution < 1.29 is 5.11 Å². The lowest BCUT2D eigenvalue weighted by Crippen LogP contribution is -2.41. The number of benzene rings is 1. The van der Waals surface area contributed by atoms with Crippen LogP contribution in [0.25, 0.3) is 0 Å².